The lowest BCUT2D eigenvalue weighted by atomic mass is 10.1. The fourth-order valence-electron chi connectivity index (χ4n) is 3.50. The SMILES string of the molecule is COc1ccc(CN2CCOC3CCCC32)cc1C(=N)N. The van der Waals surface area contributed by atoms with Gasteiger partial charge in [0.1, 0.15) is 11.6 Å². The molecule has 2 atom stereocenters. The Morgan fingerprint density at radius 2 is 2.33 bits per heavy atom. The zero-order valence-electron chi connectivity index (χ0n) is 12.5. The minimum absolute atomic E-state index is 0.0504. The number of benzene rings is 1. The van der Waals surface area contributed by atoms with Gasteiger partial charge in [-0.15, -0.1) is 0 Å². The molecule has 114 valence electrons. The summed E-state index contributed by atoms with van der Waals surface area (Å²) in [6.07, 6.45) is 4.07. The van der Waals surface area contributed by atoms with E-state index in [4.69, 9.17) is 20.6 Å². The molecule has 0 bridgehead atoms. The second-order valence-electron chi connectivity index (χ2n) is 5.83. The van der Waals surface area contributed by atoms with Crippen molar-refractivity contribution in [1.82, 2.24) is 4.90 Å². The highest BCUT2D eigenvalue weighted by molar-refractivity contribution is 5.97. The Balaban J connectivity index is 1.78. The molecule has 0 aromatic heterocycles. The molecule has 1 aromatic rings. The summed E-state index contributed by atoms with van der Waals surface area (Å²) in [4.78, 5) is 2.51. The number of amidine groups is 1. The minimum atomic E-state index is 0.0504. The lowest BCUT2D eigenvalue weighted by Crippen LogP contribution is -2.47. The highest BCUT2D eigenvalue weighted by atomic mass is 16.5. The molecule has 0 amide bonds. The van der Waals surface area contributed by atoms with Crippen LogP contribution in [0.5, 0.6) is 5.75 Å². The number of nitrogens with two attached hydrogens (primary N) is 1. The number of methoxy groups -OCH3 is 1. The average Bonchev–Trinajstić information content (AvgIpc) is 2.96. The molecule has 2 unspecified atom stereocenters. The van der Waals surface area contributed by atoms with Crippen LogP contribution in [0.4, 0.5) is 0 Å². The maximum Gasteiger partial charge on any atom is 0.129 e. The summed E-state index contributed by atoms with van der Waals surface area (Å²) in [6, 6.07) is 6.48. The normalized spacial score (nSPS) is 25.6. The quantitative estimate of drug-likeness (QED) is 0.654. The van der Waals surface area contributed by atoms with Crippen molar-refractivity contribution in [2.75, 3.05) is 20.3 Å². The maximum atomic E-state index is 7.68. The second kappa shape index (κ2) is 6.03. The summed E-state index contributed by atoms with van der Waals surface area (Å²) in [5.41, 5.74) is 7.49. The minimum Gasteiger partial charge on any atom is -0.496 e. The van der Waals surface area contributed by atoms with Crippen LogP contribution < -0.4 is 10.5 Å². The van der Waals surface area contributed by atoms with Gasteiger partial charge in [-0.2, -0.15) is 0 Å². The first-order chi connectivity index (χ1) is 10.2. The van der Waals surface area contributed by atoms with Crippen molar-refractivity contribution >= 4 is 5.84 Å². The van der Waals surface area contributed by atoms with E-state index in [2.05, 4.69) is 11.0 Å². The number of nitrogens with zero attached hydrogens (tertiary/aromatic N) is 1. The Morgan fingerprint density at radius 1 is 1.48 bits per heavy atom. The van der Waals surface area contributed by atoms with E-state index >= 15 is 0 Å². The van der Waals surface area contributed by atoms with Crippen LogP contribution >= 0.6 is 0 Å². The van der Waals surface area contributed by atoms with Gasteiger partial charge in [0, 0.05) is 19.1 Å². The Bertz CT molecular complexity index is 532. The average molecular weight is 289 g/mol. The molecule has 3 N–H and O–H groups in total. The number of nitrogens with one attached hydrogen (secondary N) is 1. The Hall–Kier alpha value is -1.59. The molecule has 1 saturated heterocycles. The Labute approximate surface area is 125 Å². The molecule has 5 nitrogen and oxygen atoms in total. The number of morpholine rings is 1. The van der Waals surface area contributed by atoms with Gasteiger partial charge < -0.3 is 15.2 Å². The summed E-state index contributed by atoms with van der Waals surface area (Å²) >= 11 is 0. The van der Waals surface area contributed by atoms with E-state index in [1.165, 1.54) is 24.8 Å². The van der Waals surface area contributed by atoms with Gasteiger partial charge >= 0.3 is 0 Å². The number of rotatable bonds is 4. The molecule has 2 fully saturated rings. The third-order valence-electron chi connectivity index (χ3n) is 4.54. The highest BCUT2D eigenvalue weighted by Gasteiger charge is 2.35. The third-order valence-corrected chi connectivity index (χ3v) is 4.54. The van der Waals surface area contributed by atoms with Crippen molar-refractivity contribution in [3.05, 3.63) is 29.3 Å². The van der Waals surface area contributed by atoms with Crippen molar-refractivity contribution in [2.45, 2.75) is 38.0 Å². The maximum absolute atomic E-state index is 7.68. The monoisotopic (exact) mass is 289 g/mol. The molecule has 1 aromatic carbocycles. The first-order valence-corrected chi connectivity index (χ1v) is 7.56. The van der Waals surface area contributed by atoms with Crippen LogP contribution in [0.1, 0.15) is 30.4 Å². The molecular weight excluding hydrogens is 266 g/mol. The zero-order chi connectivity index (χ0) is 14.8. The molecule has 21 heavy (non-hydrogen) atoms. The first-order valence-electron chi connectivity index (χ1n) is 7.56. The molecule has 3 rings (SSSR count). The molecule has 1 heterocycles. The van der Waals surface area contributed by atoms with Gasteiger partial charge in [-0.05, 0) is 37.0 Å². The number of hydrogen-bond acceptors (Lipinski definition) is 4. The van der Waals surface area contributed by atoms with E-state index in [9.17, 15) is 0 Å². The summed E-state index contributed by atoms with van der Waals surface area (Å²) < 4.78 is 11.1. The van der Waals surface area contributed by atoms with Gasteiger partial charge in [-0.25, -0.2) is 0 Å². The molecule has 0 spiro atoms. The van der Waals surface area contributed by atoms with Crippen molar-refractivity contribution in [3.63, 3.8) is 0 Å². The predicted octanol–water partition coefficient (Wildman–Crippen LogP) is 1.73. The molecule has 1 aliphatic heterocycles. The van der Waals surface area contributed by atoms with Crippen LogP contribution in [0.3, 0.4) is 0 Å². The molecule has 1 saturated carbocycles. The molecular formula is C16H23N3O2. The van der Waals surface area contributed by atoms with Crippen LogP contribution in [0.15, 0.2) is 18.2 Å². The van der Waals surface area contributed by atoms with Crippen LogP contribution in [-0.4, -0.2) is 43.1 Å². The van der Waals surface area contributed by atoms with E-state index < -0.39 is 0 Å². The van der Waals surface area contributed by atoms with E-state index in [1.807, 2.05) is 12.1 Å². The van der Waals surface area contributed by atoms with Crippen LogP contribution in [-0.2, 0) is 11.3 Å². The molecule has 1 aliphatic carbocycles. The van der Waals surface area contributed by atoms with Crippen molar-refractivity contribution in [2.24, 2.45) is 5.73 Å². The van der Waals surface area contributed by atoms with Crippen LogP contribution in [0.25, 0.3) is 0 Å². The number of ether oxygens (including phenoxy) is 2. The fourth-order valence-corrected chi connectivity index (χ4v) is 3.50. The lowest BCUT2D eigenvalue weighted by Gasteiger charge is -2.37. The van der Waals surface area contributed by atoms with Gasteiger partial charge in [0.05, 0.1) is 25.4 Å². The Morgan fingerprint density at radius 3 is 3.10 bits per heavy atom. The van der Waals surface area contributed by atoms with Crippen LogP contribution in [0.2, 0.25) is 0 Å². The van der Waals surface area contributed by atoms with Gasteiger partial charge in [0.2, 0.25) is 0 Å². The van der Waals surface area contributed by atoms with Crippen LogP contribution in [0, 0.1) is 5.41 Å². The first kappa shape index (κ1) is 14.4. The Kier molecular flexibility index (Phi) is 4.12. The van der Waals surface area contributed by atoms with Gasteiger partial charge in [0.15, 0.2) is 0 Å². The highest BCUT2D eigenvalue weighted by Crippen LogP contribution is 2.31. The largest absolute Gasteiger partial charge is 0.496 e. The van der Waals surface area contributed by atoms with Gasteiger partial charge in [0.25, 0.3) is 0 Å². The number of fused-ring (bicyclic) bond motifs is 1. The van der Waals surface area contributed by atoms with Crippen molar-refractivity contribution in [3.8, 4) is 5.75 Å². The fraction of sp³-hybridized carbons (Fsp3) is 0.562. The molecule has 5 heteroatoms. The zero-order valence-corrected chi connectivity index (χ0v) is 12.5. The van der Waals surface area contributed by atoms with Crippen molar-refractivity contribution < 1.29 is 9.47 Å². The summed E-state index contributed by atoms with van der Waals surface area (Å²) in [5.74, 6) is 0.710. The molecule has 0 radical (unpaired) electrons. The number of hydrogen-bond donors (Lipinski definition) is 2. The van der Waals surface area contributed by atoms with E-state index in [0.717, 1.165) is 19.7 Å². The summed E-state index contributed by atoms with van der Waals surface area (Å²) in [6.45, 7) is 2.67. The van der Waals surface area contributed by atoms with Gasteiger partial charge in [-0.3, -0.25) is 10.3 Å². The standard InChI is InChI=1S/C16H23N3O2/c1-20-14-6-5-11(9-12(14)16(17)18)10-19-7-8-21-15-4-2-3-13(15)19/h5-6,9,13,15H,2-4,7-8,10H2,1H3,(H3,17,18). The lowest BCUT2D eigenvalue weighted by molar-refractivity contribution is -0.0588. The topological polar surface area (TPSA) is 71.6 Å². The predicted molar refractivity (Wildman–Crippen MR) is 81.8 cm³/mol. The third kappa shape index (κ3) is 2.89. The van der Waals surface area contributed by atoms with E-state index in [1.54, 1.807) is 7.11 Å². The van der Waals surface area contributed by atoms with E-state index in [-0.39, 0.29) is 5.84 Å². The smallest absolute Gasteiger partial charge is 0.129 e. The van der Waals surface area contributed by atoms with E-state index in [0.29, 0.717) is 23.5 Å². The second-order valence-corrected chi connectivity index (χ2v) is 5.83. The van der Waals surface area contributed by atoms with Crippen molar-refractivity contribution in [1.29, 1.82) is 5.41 Å². The van der Waals surface area contributed by atoms with Gasteiger partial charge in [-0.1, -0.05) is 6.07 Å². The summed E-state index contributed by atoms with van der Waals surface area (Å²) in [5, 5.41) is 7.68. The molecule has 2 aliphatic rings. The summed E-state index contributed by atoms with van der Waals surface area (Å²) in [7, 11) is 1.60. The number of nitrogen functional groups attached to an aromatic ring is 1.